The molecule has 100 valence electrons. The van der Waals surface area contributed by atoms with Crippen molar-refractivity contribution in [2.24, 2.45) is 5.73 Å². The summed E-state index contributed by atoms with van der Waals surface area (Å²) in [5.74, 6) is 0.841. The molecule has 1 atom stereocenters. The van der Waals surface area contributed by atoms with Crippen LogP contribution in [0.5, 0.6) is 5.75 Å². The van der Waals surface area contributed by atoms with Crippen LogP contribution in [0.4, 0.5) is 0 Å². The van der Waals surface area contributed by atoms with Crippen LogP contribution in [0.3, 0.4) is 0 Å². The molecule has 0 aliphatic carbocycles. The summed E-state index contributed by atoms with van der Waals surface area (Å²) in [4.78, 5) is 0. The van der Waals surface area contributed by atoms with E-state index in [4.69, 9.17) is 10.5 Å². The van der Waals surface area contributed by atoms with Crippen molar-refractivity contribution >= 4 is 15.9 Å². The van der Waals surface area contributed by atoms with E-state index >= 15 is 0 Å². The van der Waals surface area contributed by atoms with Gasteiger partial charge in [0.25, 0.3) is 0 Å². The Morgan fingerprint density at radius 2 is 1.95 bits per heavy atom. The van der Waals surface area contributed by atoms with Crippen molar-refractivity contribution in [3.8, 4) is 5.75 Å². The highest BCUT2D eigenvalue weighted by Crippen LogP contribution is 2.27. The second kappa shape index (κ2) is 6.22. The molecule has 3 heteroatoms. The van der Waals surface area contributed by atoms with E-state index in [1.54, 1.807) is 7.11 Å². The Balaban J connectivity index is 2.17. The molecule has 0 amide bonds. The minimum atomic E-state index is 0.0153. The van der Waals surface area contributed by atoms with Gasteiger partial charge in [-0.3, -0.25) is 0 Å². The molecule has 0 aromatic heterocycles. The Morgan fingerprint density at radius 3 is 2.58 bits per heavy atom. The minimum Gasteiger partial charge on any atom is -0.496 e. The van der Waals surface area contributed by atoms with Gasteiger partial charge in [-0.1, -0.05) is 30.3 Å². The number of hydrogen-bond acceptors (Lipinski definition) is 2. The number of aryl methyl sites for hydroxylation is 1. The van der Waals surface area contributed by atoms with Crippen LogP contribution in [-0.2, 0) is 6.42 Å². The number of ether oxygens (including phenoxy) is 1. The second-order valence-corrected chi connectivity index (χ2v) is 5.49. The summed E-state index contributed by atoms with van der Waals surface area (Å²) in [6.45, 7) is 2.10. The Hall–Kier alpha value is -1.32. The lowest BCUT2D eigenvalue weighted by Gasteiger charge is -2.15. The van der Waals surface area contributed by atoms with Gasteiger partial charge in [-0.2, -0.15) is 0 Å². The van der Waals surface area contributed by atoms with Gasteiger partial charge in [0.15, 0.2) is 0 Å². The molecular weight excluding hydrogens is 302 g/mol. The molecule has 0 aliphatic rings. The lowest BCUT2D eigenvalue weighted by Crippen LogP contribution is -2.14. The molecule has 0 bridgehead atoms. The molecule has 2 N–H and O–H groups in total. The maximum Gasteiger partial charge on any atom is 0.133 e. The van der Waals surface area contributed by atoms with E-state index in [0.717, 1.165) is 16.6 Å². The van der Waals surface area contributed by atoms with E-state index in [2.05, 4.69) is 47.1 Å². The predicted octanol–water partition coefficient (Wildman–Crippen LogP) is 4.01. The smallest absolute Gasteiger partial charge is 0.133 e. The van der Waals surface area contributed by atoms with E-state index in [-0.39, 0.29) is 6.04 Å². The third kappa shape index (κ3) is 3.37. The zero-order valence-electron chi connectivity index (χ0n) is 11.2. The second-order valence-electron chi connectivity index (χ2n) is 4.64. The Bertz CT molecular complexity index is 568. The maximum atomic E-state index is 6.30. The van der Waals surface area contributed by atoms with E-state index in [1.165, 1.54) is 16.7 Å². The molecule has 2 nitrogen and oxygen atoms in total. The topological polar surface area (TPSA) is 35.2 Å². The fraction of sp³-hybridized carbons (Fsp3) is 0.250. The monoisotopic (exact) mass is 319 g/mol. The van der Waals surface area contributed by atoms with E-state index in [9.17, 15) is 0 Å². The predicted molar refractivity (Wildman–Crippen MR) is 82.5 cm³/mol. The highest BCUT2D eigenvalue weighted by Gasteiger charge is 2.10. The molecule has 0 heterocycles. The fourth-order valence-corrected chi connectivity index (χ4v) is 2.79. The number of methoxy groups -OCH3 is 1. The van der Waals surface area contributed by atoms with Gasteiger partial charge < -0.3 is 10.5 Å². The zero-order chi connectivity index (χ0) is 13.8. The largest absolute Gasteiger partial charge is 0.496 e. The van der Waals surface area contributed by atoms with Gasteiger partial charge in [0.05, 0.1) is 11.6 Å². The first-order valence-corrected chi connectivity index (χ1v) is 7.04. The molecule has 0 spiro atoms. The summed E-state index contributed by atoms with van der Waals surface area (Å²) in [5.41, 5.74) is 9.94. The van der Waals surface area contributed by atoms with Crippen molar-refractivity contribution in [3.63, 3.8) is 0 Å². The summed E-state index contributed by atoms with van der Waals surface area (Å²) < 4.78 is 6.19. The lowest BCUT2D eigenvalue weighted by atomic mass is 9.96. The zero-order valence-corrected chi connectivity index (χ0v) is 12.8. The molecule has 0 radical (unpaired) electrons. The van der Waals surface area contributed by atoms with Gasteiger partial charge in [0.1, 0.15) is 5.75 Å². The van der Waals surface area contributed by atoms with Gasteiger partial charge in [0.2, 0.25) is 0 Å². The molecule has 0 fully saturated rings. The van der Waals surface area contributed by atoms with E-state index in [1.807, 2.05) is 18.2 Å². The number of nitrogens with two attached hydrogens (primary N) is 1. The summed E-state index contributed by atoms with van der Waals surface area (Å²) >= 11 is 3.50. The van der Waals surface area contributed by atoms with Crippen LogP contribution in [0.15, 0.2) is 46.9 Å². The van der Waals surface area contributed by atoms with Crippen molar-refractivity contribution in [1.82, 2.24) is 0 Å². The number of benzene rings is 2. The van der Waals surface area contributed by atoms with Crippen LogP contribution < -0.4 is 10.5 Å². The average Bonchev–Trinajstić information content (AvgIpc) is 2.39. The first kappa shape index (κ1) is 14.1. The third-order valence-electron chi connectivity index (χ3n) is 3.26. The molecule has 1 unspecified atom stereocenters. The van der Waals surface area contributed by atoms with Crippen LogP contribution >= 0.6 is 15.9 Å². The quantitative estimate of drug-likeness (QED) is 0.924. The number of rotatable bonds is 4. The van der Waals surface area contributed by atoms with Crippen molar-refractivity contribution in [2.45, 2.75) is 19.4 Å². The first-order valence-electron chi connectivity index (χ1n) is 6.25. The fourth-order valence-electron chi connectivity index (χ4n) is 2.20. The van der Waals surface area contributed by atoms with Crippen LogP contribution in [0, 0.1) is 6.92 Å². The third-order valence-corrected chi connectivity index (χ3v) is 3.88. The van der Waals surface area contributed by atoms with Gasteiger partial charge in [0, 0.05) is 6.04 Å². The van der Waals surface area contributed by atoms with Gasteiger partial charge in [-0.05, 0) is 58.1 Å². The first-order chi connectivity index (χ1) is 9.11. The van der Waals surface area contributed by atoms with Gasteiger partial charge in [-0.25, -0.2) is 0 Å². The average molecular weight is 320 g/mol. The summed E-state index contributed by atoms with van der Waals surface area (Å²) in [6.07, 6.45) is 0.813. The standard InChI is InChI=1S/C16H18BrNO/c1-11-5-3-4-6-13(11)15(18)10-12-7-8-16(19-2)14(17)9-12/h3-9,15H,10,18H2,1-2H3. The lowest BCUT2D eigenvalue weighted by molar-refractivity contribution is 0.412. The molecule has 19 heavy (non-hydrogen) atoms. The number of hydrogen-bond donors (Lipinski definition) is 1. The van der Waals surface area contributed by atoms with Crippen LogP contribution in [0.25, 0.3) is 0 Å². The maximum absolute atomic E-state index is 6.30. The SMILES string of the molecule is COc1ccc(CC(N)c2ccccc2C)cc1Br. The van der Waals surface area contributed by atoms with Gasteiger partial charge in [-0.15, -0.1) is 0 Å². The Morgan fingerprint density at radius 1 is 1.21 bits per heavy atom. The Labute approximate surface area is 122 Å². The van der Waals surface area contributed by atoms with Gasteiger partial charge >= 0.3 is 0 Å². The van der Waals surface area contributed by atoms with Crippen LogP contribution in [0.1, 0.15) is 22.7 Å². The van der Waals surface area contributed by atoms with E-state index in [0.29, 0.717) is 0 Å². The highest BCUT2D eigenvalue weighted by molar-refractivity contribution is 9.10. The molecule has 0 aliphatic heterocycles. The molecule has 0 saturated carbocycles. The molecular formula is C16H18BrNO. The van der Waals surface area contributed by atoms with Crippen molar-refractivity contribution < 1.29 is 4.74 Å². The van der Waals surface area contributed by atoms with Crippen LogP contribution in [-0.4, -0.2) is 7.11 Å². The molecule has 2 aromatic rings. The van der Waals surface area contributed by atoms with Crippen LogP contribution in [0.2, 0.25) is 0 Å². The molecule has 2 aromatic carbocycles. The summed E-state index contributed by atoms with van der Waals surface area (Å²) in [7, 11) is 1.67. The van der Waals surface area contributed by atoms with Crippen molar-refractivity contribution in [3.05, 3.63) is 63.6 Å². The molecule has 0 saturated heterocycles. The van der Waals surface area contributed by atoms with Crippen molar-refractivity contribution in [2.75, 3.05) is 7.11 Å². The highest BCUT2D eigenvalue weighted by atomic mass is 79.9. The Kier molecular flexibility index (Phi) is 4.61. The molecule has 2 rings (SSSR count). The summed E-state index contributed by atoms with van der Waals surface area (Å²) in [5, 5.41) is 0. The van der Waals surface area contributed by atoms with Crippen molar-refractivity contribution in [1.29, 1.82) is 0 Å². The van der Waals surface area contributed by atoms with E-state index < -0.39 is 0 Å². The minimum absolute atomic E-state index is 0.0153. The number of halogens is 1. The summed E-state index contributed by atoms with van der Waals surface area (Å²) in [6, 6.07) is 14.4. The normalized spacial score (nSPS) is 12.2.